The quantitative estimate of drug-likeness (QED) is 0.190. The van der Waals surface area contributed by atoms with E-state index in [-0.39, 0.29) is 49.1 Å². The van der Waals surface area contributed by atoms with Crippen LogP contribution in [0, 0.1) is 11.8 Å². The van der Waals surface area contributed by atoms with E-state index >= 15 is 0 Å². The summed E-state index contributed by atoms with van der Waals surface area (Å²) in [4.78, 5) is 15.6. The molecule has 3 saturated heterocycles. The topological polar surface area (TPSA) is 165 Å². The van der Waals surface area contributed by atoms with Gasteiger partial charge in [0.15, 0.2) is 6.29 Å². The summed E-state index contributed by atoms with van der Waals surface area (Å²) in [5.41, 5.74) is 8.12. The zero-order valence-corrected chi connectivity index (χ0v) is 29.6. The fraction of sp³-hybridized carbons (Fsp3) is 0.629. The number of rotatable bonds is 16. The average molecular weight is 704 g/mol. The molecule has 0 saturated carbocycles. The van der Waals surface area contributed by atoms with Gasteiger partial charge in [-0.05, 0) is 55.4 Å². The second-order valence-electron chi connectivity index (χ2n) is 13.6. The monoisotopic (exact) mass is 703 g/mol. The number of carbonyl (C=O) groups excluding carboxylic acids is 1. The van der Waals surface area contributed by atoms with Crippen molar-refractivity contribution in [2.75, 3.05) is 70.6 Å². The number of benzene rings is 2. The van der Waals surface area contributed by atoms with Crippen molar-refractivity contribution in [1.82, 2.24) is 14.5 Å². The van der Waals surface area contributed by atoms with Crippen LogP contribution in [-0.2, 0) is 35.4 Å². The first-order valence-electron chi connectivity index (χ1n) is 17.3. The molecular formula is C35H53N5O8S. The summed E-state index contributed by atoms with van der Waals surface area (Å²) in [5, 5.41) is 17.8. The molecule has 2 aromatic carbocycles. The summed E-state index contributed by atoms with van der Waals surface area (Å²) in [7, 11) is -2.32. The summed E-state index contributed by atoms with van der Waals surface area (Å²) >= 11 is 0. The lowest BCUT2D eigenvalue weighted by atomic mass is 10.0. The minimum absolute atomic E-state index is 0.0370. The number of nitrogens with one attached hydrogen (secondary N) is 2. The number of aliphatic hydroxyl groups excluding tert-OH is 1. The van der Waals surface area contributed by atoms with Crippen LogP contribution in [0.4, 0.5) is 16.2 Å². The van der Waals surface area contributed by atoms with Crippen molar-refractivity contribution in [3.8, 4) is 0 Å². The van der Waals surface area contributed by atoms with Crippen molar-refractivity contribution in [3.05, 3.63) is 54.1 Å². The number of methoxy groups -OCH3 is 1. The molecule has 5 atom stereocenters. The van der Waals surface area contributed by atoms with E-state index < -0.39 is 34.4 Å². The highest BCUT2D eigenvalue weighted by Gasteiger charge is 2.44. The number of hydrogen-bond acceptors (Lipinski definition) is 11. The lowest BCUT2D eigenvalue weighted by Gasteiger charge is -2.31. The summed E-state index contributed by atoms with van der Waals surface area (Å²) in [6.45, 7) is 7.82. The average Bonchev–Trinajstić information content (AvgIpc) is 3.71. The third-order valence-corrected chi connectivity index (χ3v) is 11.4. The molecule has 0 radical (unpaired) electrons. The number of anilines is 2. The first-order valence-corrected chi connectivity index (χ1v) is 18.8. The largest absolute Gasteiger partial charge is 0.443 e. The molecule has 3 aliphatic rings. The number of fused-ring (bicyclic) bond motifs is 1. The molecule has 3 fully saturated rings. The predicted octanol–water partition coefficient (Wildman–Crippen LogP) is 2.90. The van der Waals surface area contributed by atoms with Gasteiger partial charge in [-0.3, -0.25) is 0 Å². The molecule has 0 unspecified atom stereocenters. The molecule has 13 nitrogen and oxygen atoms in total. The Labute approximate surface area is 290 Å². The SMILES string of the molecule is COC1CCN(CCNc2cc(S(=O)(=O)N(CC(C)C)C[C@@H](O)[C@H](Cc3ccccc3)NC(=O)O[C@H]3CO[C@H]4OCC[C@H]43)ccc2N)CC1. The second kappa shape index (κ2) is 17.3. The van der Waals surface area contributed by atoms with Crippen molar-refractivity contribution in [2.45, 2.75) is 75.1 Å². The van der Waals surface area contributed by atoms with Gasteiger partial charge in [0, 0.05) is 46.4 Å². The van der Waals surface area contributed by atoms with Gasteiger partial charge < -0.3 is 45.3 Å². The smallest absolute Gasteiger partial charge is 0.407 e. The normalized spacial score (nSPS) is 23.0. The zero-order chi connectivity index (χ0) is 35.0. The first kappa shape index (κ1) is 37.3. The van der Waals surface area contributed by atoms with Gasteiger partial charge in [0.25, 0.3) is 0 Å². The second-order valence-corrected chi connectivity index (χ2v) is 15.6. The molecule has 14 heteroatoms. The first-order chi connectivity index (χ1) is 23.5. The van der Waals surface area contributed by atoms with Crippen LogP contribution in [0.15, 0.2) is 53.4 Å². The van der Waals surface area contributed by atoms with E-state index in [1.807, 2.05) is 44.2 Å². The Hall–Kier alpha value is -2.98. The number of nitrogen functional groups attached to an aromatic ring is 1. The third-order valence-electron chi connectivity index (χ3n) is 9.54. The van der Waals surface area contributed by atoms with Crippen LogP contribution in [-0.4, -0.2) is 119 Å². The number of ether oxygens (including phenoxy) is 4. The van der Waals surface area contributed by atoms with Crippen LogP contribution >= 0.6 is 0 Å². The van der Waals surface area contributed by atoms with Crippen LogP contribution in [0.2, 0.25) is 0 Å². The van der Waals surface area contributed by atoms with E-state index in [4.69, 9.17) is 24.7 Å². The van der Waals surface area contributed by atoms with E-state index in [1.165, 1.54) is 10.4 Å². The van der Waals surface area contributed by atoms with E-state index in [2.05, 4.69) is 15.5 Å². The van der Waals surface area contributed by atoms with E-state index in [9.17, 15) is 18.3 Å². The van der Waals surface area contributed by atoms with Crippen molar-refractivity contribution in [3.63, 3.8) is 0 Å². The van der Waals surface area contributed by atoms with Gasteiger partial charge in [-0.2, -0.15) is 4.31 Å². The standard InChI is InChI=1S/C35H53N5O8S/c1-24(2)21-40(49(43,44)27-9-10-29(36)30(20-27)37-14-17-39-15-11-26(45-3)12-16-39)22-32(41)31(19-25-7-5-4-6-8-25)38-35(42)48-33-23-47-34-28(33)13-18-46-34/h4-10,20,24,26,28,31-34,37,41H,11-19,21-23,36H2,1-3H3,(H,38,42)/t28-,31-,32+,33-,34+/m0/s1. The summed E-state index contributed by atoms with van der Waals surface area (Å²) in [6, 6.07) is 13.2. The Balaban J connectivity index is 1.27. The number of sulfonamides is 1. The van der Waals surface area contributed by atoms with Gasteiger partial charge in [-0.1, -0.05) is 44.2 Å². The molecule has 0 bridgehead atoms. The summed E-state index contributed by atoms with van der Waals surface area (Å²) in [5.74, 6) is -0.0762. The Morgan fingerprint density at radius 1 is 1.10 bits per heavy atom. The Morgan fingerprint density at radius 3 is 2.57 bits per heavy atom. The van der Waals surface area contributed by atoms with Crippen LogP contribution in [0.25, 0.3) is 0 Å². The summed E-state index contributed by atoms with van der Waals surface area (Å²) in [6.07, 6.45) is 0.483. The Bertz CT molecular complexity index is 1460. The van der Waals surface area contributed by atoms with Crippen molar-refractivity contribution in [1.29, 1.82) is 0 Å². The lowest BCUT2D eigenvalue weighted by Crippen LogP contribution is -2.51. The van der Waals surface area contributed by atoms with Crippen LogP contribution in [0.5, 0.6) is 0 Å². The number of aliphatic hydroxyl groups is 1. The number of hydrogen-bond donors (Lipinski definition) is 4. The van der Waals surface area contributed by atoms with Gasteiger partial charge in [-0.15, -0.1) is 0 Å². The zero-order valence-electron chi connectivity index (χ0n) is 28.8. The molecule has 272 valence electrons. The number of likely N-dealkylation sites (tertiary alicyclic amines) is 1. The van der Waals surface area contributed by atoms with Gasteiger partial charge in [0.05, 0.1) is 53.7 Å². The molecule has 2 aromatic rings. The fourth-order valence-electron chi connectivity index (χ4n) is 6.75. The molecule has 0 aliphatic carbocycles. The molecular weight excluding hydrogens is 650 g/mol. The van der Waals surface area contributed by atoms with Gasteiger partial charge in [0.1, 0.15) is 6.10 Å². The predicted molar refractivity (Wildman–Crippen MR) is 187 cm³/mol. The molecule has 3 heterocycles. The molecule has 5 rings (SSSR count). The minimum Gasteiger partial charge on any atom is -0.443 e. The molecule has 5 N–H and O–H groups in total. The van der Waals surface area contributed by atoms with Gasteiger partial charge in [-0.25, -0.2) is 13.2 Å². The van der Waals surface area contributed by atoms with Gasteiger partial charge in [0.2, 0.25) is 10.0 Å². The highest BCUT2D eigenvalue weighted by Crippen LogP contribution is 2.33. The third kappa shape index (κ3) is 10.1. The number of carbonyl (C=O) groups is 1. The number of amides is 1. The maximum Gasteiger partial charge on any atom is 0.407 e. The highest BCUT2D eigenvalue weighted by atomic mass is 32.2. The van der Waals surface area contributed by atoms with E-state index in [1.54, 1.807) is 19.2 Å². The van der Waals surface area contributed by atoms with Gasteiger partial charge >= 0.3 is 6.09 Å². The van der Waals surface area contributed by atoms with E-state index in [0.29, 0.717) is 30.6 Å². The number of alkyl carbamates (subject to hydrolysis) is 1. The maximum atomic E-state index is 14.2. The molecule has 1 amide bonds. The Kier molecular flexibility index (Phi) is 13.2. The molecule has 0 aromatic heterocycles. The Morgan fingerprint density at radius 2 is 1.86 bits per heavy atom. The summed E-state index contributed by atoms with van der Waals surface area (Å²) < 4.78 is 52.0. The van der Waals surface area contributed by atoms with E-state index in [0.717, 1.165) is 44.5 Å². The molecule has 3 aliphatic heterocycles. The lowest BCUT2D eigenvalue weighted by molar-refractivity contribution is -0.0907. The number of nitrogens with zero attached hydrogens (tertiary/aromatic N) is 2. The number of piperidine rings is 1. The van der Waals surface area contributed by atoms with Crippen molar-refractivity contribution >= 4 is 27.5 Å². The highest BCUT2D eigenvalue weighted by molar-refractivity contribution is 7.89. The number of nitrogens with two attached hydrogens (primary N) is 1. The van der Waals surface area contributed by atoms with Crippen molar-refractivity contribution in [2.24, 2.45) is 11.8 Å². The molecule has 49 heavy (non-hydrogen) atoms. The maximum absolute atomic E-state index is 14.2. The molecule has 0 spiro atoms. The van der Waals surface area contributed by atoms with Crippen molar-refractivity contribution < 1.29 is 37.3 Å². The van der Waals surface area contributed by atoms with Crippen LogP contribution < -0.4 is 16.4 Å². The minimum atomic E-state index is -4.07. The van der Waals surface area contributed by atoms with Crippen LogP contribution in [0.3, 0.4) is 0 Å². The van der Waals surface area contributed by atoms with Crippen LogP contribution in [0.1, 0.15) is 38.7 Å². The fourth-order valence-corrected chi connectivity index (χ4v) is 8.40.